The van der Waals surface area contributed by atoms with E-state index in [1.54, 1.807) is 24.0 Å². The average Bonchev–Trinajstić information content (AvgIpc) is 3.16. The Morgan fingerprint density at radius 3 is 2.53 bits per heavy atom. The number of nitrogens with zero attached hydrogens (tertiary/aromatic N) is 2. The molecule has 0 saturated carbocycles. The van der Waals surface area contributed by atoms with Crippen LogP contribution in [0.3, 0.4) is 0 Å². The van der Waals surface area contributed by atoms with E-state index in [0.29, 0.717) is 42.2 Å². The number of thiophene rings is 1. The van der Waals surface area contributed by atoms with Gasteiger partial charge in [0, 0.05) is 17.0 Å². The molecule has 0 spiro atoms. The van der Waals surface area contributed by atoms with Crippen LogP contribution in [0.15, 0.2) is 54.6 Å². The Hall–Kier alpha value is -3.63. The molecule has 1 aromatic heterocycles. The largest absolute Gasteiger partial charge is 0.450 e. The maximum absolute atomic E-state index is 12.8. The van der Waals surface area contributed by atoms with Gasteiger partial charge in [-0.15, -0.1) is 11.3 Å². The summed E-state index contributed by atoms with van der Waals surface area (Å²) in [5, 5.41) is 13.1. The Labute approximate surface area is 191 Å². The normalized spacial score (nSPS) is 12.6. The minimum absolute atomic E-state index is 0.256. The van der Waals surface area contributed by atoms with E-state index in [-0.39, 0.29) is 12.0 Å². The summed E-state index contributed by atoms with van der Waals surface area (Å²) >= 11 is 1.35. The number of amides is 2. The Kier molecular flexibility index (Phi) is 6.52. The van der Waals surface area contributed by atoms with Crippen LogP contribution < -0.4 is 5.32 Å². The van der Waals surface area contributed by atoms with Crippen LogP contribution in [0.5, 0.6) is 0 Å². The first-order valence-corrected chi connectivity index (χ1v) is 11.3. The summed E-state index contributed by atoms with van der Waals surface area (Å²) in [5.74, 6) is -0.256. The van der Waals surface area contributed by atoms with Gasteiger partial charge in [0.2, 0.25) is 0 Å². The van der Waals surface area contributed by atoms with Crippen molar-refractivity contribution in [2.45, 2.75) is 26.3 Å². The van der Waals surface area contributed by atoms with Gasteiger partial charge in [-0.25, -0.2) is 4.79 Å². The van der Waals surface area contributed by atoms with Crippen molar-refractivity contribution in [3.05, 3.63) is 87.3 Å². The highest BCUT2D eigenvalue weighted by atomic mass is 32.1. The van der Waals surface area contributed by atoms with E-state index in [9.17, 15) is 14.9 Å². The van der Waals surface area contributed by atoms with Gasteiger partial charge < -0.3 is 15.0 Å². The molecule has 2 amide bonds. The van der Waals surface area contributed by atoms with Crippen molar-refractivity contribution in [3.63, 3.8) is 0 Å². The van der Waals surface area contributed by atoms with Crippen LogP contribution in [-0.4, -0.2) is 30.1 Å². The van der Waals surface area contributed by atoms with Gasteiger partial charge in [0.05, 0.1) is 18.7 Å². The summed E-state index contributed by atoms with van der Waals surface area (Å²) in [4.78, 5) is 27.4. The quantitative estimate of drug-likeness (QED) is 0.601. The van der Waals surface area contributed by atoms with E-state index in [4.69, 9.17) is 4.74 Å². The SMILES string of the molecule is CCOC(=O)N1CCc2c(sc(NC(=O)c3ccc(Cc4ccccc4)cc3)c2C#N)C1. The molecule has 2 heterocycles. The predicted molar refractivity (Wildman–Crippen MR) is 124 cm³/mol. The Balaban J connectivity index is 1.47. The maximum Gasteiger partial charge on any atom is 0.410 e. The van der Waals surface area contributed by atoms with E-state index in [2.05, 4.69) is 23.5 Å². The van der Waals surface area contributed by atoms with Crippen molar-refractivity contribution < 1.29 is 14.3 Å². The molecule has 0 radical (unpaired) electrons. The van der Waals surface area contributed by atoms with Crippen LogP contribution in [0, 0.1) is 11.3 Å². The number of carbonyl (C=O) groups excluding carboxylic acids is 2. The molecule has 2 aromatic carbocycles. The van der Waals surface area contributed by atoms with Crippen LogP contribution in [0.2, 0.25) is 0 Å². The maximum atomic E-state index is 12.8. The summed E-state index contributed by atoms with van der Waals surface area (Å²) in [6.07, 6.45) is 1.01. The highest BCUT2D eigenvalue weighted by Crippen LogP contribution is 2.37. The number of fused-ring (bicyclic) bond motifs is 1. The second-order valence-corrected chi connectivity index (χ2v) is 8.61. The predicted octanol–water partition coefficient (Wildman–Crippen LogP) is 4.98. The molecule has 162 valence electrons. The lowest BCUT2D eigenvalue weighted by atomic mass is 10.0. The number of rotatable bonds is 5. The van der Waals surface area contributed by atoms with E-state index >= 15 is 0 Å². The molecule has 0 unspecified atom stereocenters. The van der Waals surface area contributed by atoms with Crippen LogP contribution >= 0.6 is 11.3 Å². The molecule has 1 N–H and O–H groups in total. The Morgan fingerprint density at radius 1 is 1.12 bits per heavy atom. The number of hydrogen-bond acceptors (Lipinski definition) is 5. The summed E-state index contributed by atoms with van der Waals surface area (Å²) in [5.41, 5.74) is 4.26. The van der Waals surface area contributed by atoms with Gasteiger partial charge >= 0.3 is 6.09 Å². The standard InChI is InChI=1S/C25H23N3O3S/c1-2-31-25(30)28-13-12-20-21(15-26)24(32-22(20)16-28)27-23(29)19-10-8-18(9-11-19)14-17-6-4-3-5-7-17/h3-11H,2,12-14,16H2,1H3,(H,27,29). The number of nitriles is 1. The third kappa shape index (κ3) is 4.66. The Morgan fingerprint density at radius 2 is 1.84 bits per heavy atom. The third-order valence-electron chi connectivity index (χ3n) is 5.39. The topological polar surface area (TPSA) is 82.4 Å². The van der Waals surface area contributed by atoms with Crippen molar-refractivity contribution >= 4 is 28.3 Å². The number of anilines is 1. The number of carbonyl (C=O) groups is 2. The molecule has 1 aliphatic heterocycles. The summed E-state index contributed by atoms with van der Waals surface area (Å²) in [6.45, 7) is 2.97. The molecule has 0 bridgehead atoms. The van der Waals surface area contributed by atoms with Gasteiger partial charge in [-0.2, -0.15) is 5.26 Å². The fourth-order valence-electron chi connectivity index (χ4n) is 3.76. The van der Waals surface area contributed by atoms with E-state index in [1.165, 1.54) is 16.9 Å². The molecular formula is C25H23N3O3S. The first kappa shape index (κ1) is 21.6. The van der Waals surface area contributed by atoms with Gasteiger partial charge in [-0.1, -0.05) is 42.5 Å². The molecule has 0 fully saturated rings. The van der Waals surface area contributed by atoms with Crippen molar-refractivity contribution in [1.29, 1.82) is 5.26 Å². The van der Waals surface area contributed by atoms with Crippen LogP contribution in [0.1, 0.15) is 44.4 Å². The smallest absolute Gasteiger partial charge is 0.410 e. The molecule has 1 aliphatic rings. The van der Waals surface area contributed by atoms with Crippen LogP contribution in [0.25, 0.3) is 0 Å². The number of benzene rings is 2. The van der Waals surface area contributed by atoms with Crippen molar-refractivity contribution in [1.82, 2.24) is 4.90 Å². The van der Waals surface area contributed by atoms with E-state index in [0.717, 1.165) is 22.4 Å². The van der Waals surface area contributed by atoms with Gasteiger partial charge in [0.15, 0.2) is 0 Å². The van der Waals surface area contributed by atoms with E-state index < -0.39 is 0 Å². The van der Waals surface area contributed by atoms with Crippen molar-refractivity contribution in [2.24, 2.45) is 0 Å². The lowest BCUT2D eigenvalue weighted by Gasteiger charge is -2.25. The Bertz CT molecular complexity index is 1160. The molecule has 0 aliphatic carbocycles. The zero-order valence-corrected chi connectivity index (χ0v) is 18.6. The number of nitrogens with one attached hydrogen (secondary N) is 1. The highest BCUT2D eigenvalue weighted by molar-refractivity contribution is 7.16. The fraction of sp³-hybridized carbons (Fsp3) is 0.240. The van der Waals surface area contributed by atoms with E-state index in [1.807, 2.05) is 30.3 Å². The fourth-order valence-corrected chi connectivity index (χ4v) is 4.97. The molecule has 7 heteroatoms. The third-order valence-corrected chi connectivity index (χ3v) is 6.52. The molecule has 6 nitrogen and oxygen atoms in total. The minimum atomic E-state index is -0.355. The number of ether oxygens (including phenoxy) is 1. The number of hydrogen-bond donors (Lipinski definition) is 1. The zero-order valence-electron chi connectivity index (χ0n) is 17.8. The molecule has 0 saturated heterocycles. The van der Waals surface area contributed by atoms with Gasteiger partial charge in [-0.3, -0.25) is 4.79 Å². The zero-order chi connectivity index (χ0) is 22.5. The minimum Gasteiger partial charge on any atom is -0.450 e. The lowest BCUT2D eigenvalue weighted by Crippen LogP contribution is -2.35. The molecule has 32 heavy (non-hydrogen) atoms. The summed E-state index contributed by atoms with van der Waals surface area (Å²) in [7, 11) is 0. The second-order valence-electron chi connectivity index (χ2n) is 7.50. The van der Waals surface area contributed by atoms with Crippen molar-refractivity contribution in [2.75, 3.05) is 18.5 Å². The molecular weight excluding hydrogens is 422 g/mol. The molecule has 4 rings (SSSR count). The van der Waals surface area contributed by atoms with Gasteiger partial charge in [0.1, 0.15) is 11.1 Å². The van der Waals surface area contributed by atoms with Gasteiger partial charge in [0.25, 0.3) is 5.91 Å². The van der Waals surface area contributed by atoms with Gasteiger partial charge in [-0.05, 0) is 48.6 Å². The summed E-state index contributed by atoms with van der Waals surface area (Å²) < 4.78 is 5.09. The monoisotopic (exact) mass is 445 g/mol. The lowest BCUT2D eigenvalue weighted by molar-refractivity contribution is 0.102. The molecule has 3 aromatic rings. The first-order valence-electron chi connectivity index (χ1n) is 10.5. The average molecular weight is 446 g/mol. The summed E-state index contributed by atoms with van der Waals surface area (Å²) in [6, 6.07) is 19.9. The molecule has 0 atom stereocenters. The van der Waals surface area contributed by atoms with Crippen LogP contribution in [0.4, 0.5) is 9.80 Å². The van der Waals surface area contributed by atoms with Crippen molar-refractivity contribution in [3.8, 4) is 6.07 Å². The van der Waals surface area contributed by atoms with Crippen LogP contribution in [-0.2, 0) is 24.1 Å². The first-order chi connectivity index (χ1) is 15.6. The second kappa shape index (κ2) is 9.67. The highest BCUT2D eigenvalue weighted by Gasteiger charge is 2.28.